The Labute approximate surface area is 147 Å². The van der Waals surface area contributed by atoms with Gasteiger partial charge in [0.25, 0.3) is 0 Å². The van der Waals surface area contributed by atoms with Crippen molar-refractivity contribution >= 4 is 35.9 Å². The third kappa shape index (κ3) is 3.50. The summed E-state index contributed by atoms with van der Waals surface area (Å²) < 4.78 is 2.31. The number of halogens is 2. The summed E-state index contributed by atoms with van der Waals surface area (Å²) >= 11 is 12.5. The van der Waals surface area contributed by atoms with Gasteiger partial charge in [0.05, 0.1) is 10.7 Å². The molecule has 1 atom stereocenters. The molecule has 122 valence electrons. The minimum atomic E-state index is 0.631. The second kappa shape index (κ2) is 7.12. The van der Waals surface area contributed by atoms with E-state index in [1.54, 1.807) is 6.07 Å². The molecule has 1 saturated heterocycles. The first kappa shape index (κ1) is 16.6. The molecule has 1 aliphatic rings. The van der Waals surface area contributed by atoms with Crippen molar-refractivity contribution in [2.24, 2.45) is 5.92 Å². The van der Waals surface area contributed by atoms with Crippen molar-refractivity contribution < 1.29 is 0 Å². The van der Waals surface area contributed by atoms with Crippen LogP contribution in [-0.2, 0) is 6.54 Å². The van der Waals surface area contributed by atoms with Crippen molar-refractivity contribution in [1.29, 1.82) is 0 Å². The lowest BCUT2D eigenvalue weighted by atomic mass is 9.99. The SMILES string of the molecule is C=c1/c(=C\C)cc(-c2ccc(Cl)cc2Cl)n1C[C@@H]1CCCNC1. The molecule has 0 radical (unpaired) electrons. The molecule has 1 aliphatic heterocycles. The summed E-state index contributed by atoms with van der Waals surface area (Å²) in [4.78, 5) is 0. The monoisotopic (exact) mass is 348 g/mol. The van der Waals surface area contributed by atoms with E-state index in [0.717, 1.165) is 41.5 Å². The highest BCUT2D eigenvalue weighted by Gasteiger charge is 2.17. The Morgan fingerprint density at radius 3 is 2.83 bits per heavy atom. The van der Waals surface area contributed by atoms with Gasteiger partial charge in [-0.25, -0.2) is 0 Å². The predicted molar refractivity (Wildman–Crippen MR) is 100 cm³/mol. The molecule has 2 aromatic rings. The second-order valence-corrected chi connectivity index (χ2v) is 7.01. The smallest absolute Gasteiger partial charge is 0.0514 e. The Balaban J connectivity index is 2.07. The van der Waals surface area contributed by atoms with Gasteiger partial charge >= 0.3 is 0 Å². The van der Waals surface area contributed by atoms with Crippen LogP contribution < -0.4 is 15.9 Å². The molecular weight excluding hydrogens is 327 g/mol. The van der Waals surface area contributed by atoms with Crippen LogP contribution in [0.4, 0.5) is 0 Å². The molecule has 0 unspecified atom stereocenters. The molecule has 0 aliphatic carbocycles. The van der Waals surface area contributed by atoms with E-state index in [4.69, 9.17) is 23.2 Å². The maximum absolute atomic E-state index is 6.44. The molecule has 2 heterocycles. The van der Waals surface area contributed by atoms with E-state index in [1.807, 2.05) is 19.1 Å². The van der Waals surface area contributed by atoms with Gasteiger partial charge in [-0.05, 0) is 68.3 Å². The maximum atomic E-state index is 6.44. The Hall–Kier alpha value is -1.22. The predicted octanol–water partition coefficient (Wildman–Crippen LogP) is 3.67. The lowest BCUT2D eigenvalue weighted by Crippen LogP contribution is -2.36. The highest BCUT2D eigenvalue weighted by Crippen LogP contribution is 2.30. The van der Waals surface area contributed by atoms with Crippen molar-refractivity contribution in [3.63, 3.8) is 0 Å². The number of benzene rings is 1. The van der Waals surface area contributed by atoms with Crippen LogP contribution in [0.15, 0.2) is 24.3 Å². The number of nitrogens with zero attached hydrogens (tertiary/aromatic N) is 1. The average molecular weight is 349 g/mol. The largest absolute Gasteiger partial charge is 0.341 e. The van der Waals surface area contributed by atoms with Crippen molar-refractivity contribution in [2.75, 3.05) is 13.1 Å². The van der Waals surface area contributed by atoms with E-state index in [2.05, 4.69) is 28.6 Å². The van der Waals surface area contributed by atoms with Crippen LogP contribution in [0.2, 0.25) is 10.0 Å². The van der Waals surface area contributed by atoms with Crippen LogP contribution >= 0.6 is 23.2 Å². The van der Waals surface area contributed by atoms with Crippen LogP contribution in [0, 0.1) is 5.92 Å². The lowest BCUT2D eigenvalue weighted by Gasteiger charge is -2.24. The minimum Gasteiger partial charge on any atom is -0.341 e. The third-order valence-electron chi connectivity index (χ3n) is 4.60. The van der Waals surface area contributed by atoms with E-state index < -0.39 is 0 Å². The molecule has 1 aromatic carbocycles. The van der Waals surface area contributed by atoms with Gasteiger partial charge < -0.3 is 9.88 Å². The van der Waals surface area contributed by atoms with Crippen LogP contribution in [0.3, 0.4) is 0 Å². The minimum absolute atomic E-state index is 0.631. The molecule has 1 N–H and O–H groups in total. The molecular formula is C19H22Cl2N2. The standard InChI is InChI=1S/C19H22Cl2N2/c1-3-15-9-19(17-7-6-16(20)10-18(17)21)23(13(15)2)12-14-5-4-8-22-11-14/h3,6-7,9-10,14,22H,2,4-5,8,11-12H2,1H3/b15-3-/t14-/m1/s1. The first-order chi connectivity index (χ1) is 11.1. The Bertz CT molecular complexity index is 802. The van der Waals surface area contributed by atoms with Gasteiger partial charge in [-0.2, -0.15) is 0 Å². The van der Waals surface area contributed by atoms with E-state index in [9.17, 15) is 0 Å². The van der Waals surface area contributed by atoms with E-state index in [0.29, 0.717) is 16.0 Å². The first-order valence-electron chi connectivity index (χ1n) is 8.11. The number of hydrogen-bond acceptors (Lipinski definition) is 1. The Kier molecular flexibility index (Phi) is 5.15. The molecule has 0 amide bonds. The quantitative estimate of drug-likeness (QED) is 0.895. The summed E-state index contributed by atoms with van der Waals surface area (Å²) in [5, 5.41) is 7.04. The van der Waals surface area contributed by atoms with Crippen LogP contribution in [-0.4, -0.2) is 17.7 Å². The average Bonchev–Trinajstić information content (AvgIpc) is 2.85. The topological polar surface area (TPSA) is 17.0 Å². The molecule has 4 heteroatoms. The maximum Gasteiger partial charge on any atom is 0.0514 e. The second-order valence-electron chi connectivity index (χ2n) is 6.17. The fourth-order valence-corrected chi connectivity index (χ4v) is 3.83. The number of nitrogens with one attached hydrogen (secondary N) is 1. The fraction of sp³-hybridized carbons (Fsp3) is 0.368. The van der Waals surface area contributed by atoms with Crippen molar-refractivity contribution in [1.82, 2.24) is 9.88 Å². The normalized spacial score (nSPS) is 19.3. The molecule has 0 saturated carbocycles. The van der Waals surface area contributed by atoms with Gasteiger partial charge in [0.2, 0.25) is 0 Å². The highest BCUT2D eigenvalue weighted by molar-refractivity contribution is 6.36. The molecule has 3 rings (SSSR count). The summed E-state index contributed by atoms with van der Waals surface area (Å²) in [5.74, 6) is 0.631. The van der Waals surface area contributed by atoms with Crippen molar-refractivity contribution in [3.8, 4) is 11.3 Å². The number of hydrogen-bond donors (Lipinski definition) is 1. The highest BCUT2D eigenvalue weighted by atomic mass is 35.5. The molecule has 0 bridgehead atoms. The number of piperidine rings is 1. The van der Waals surface area contributed by atoms with Crippen LogP contribution in [0.1, 0.15) is 19.8 Å². The molecule has 0 spiro atoms. The Morgan fingerprint density at radius 1 is 1.35 bits per heavy atom. The lowest BCUT2D eigenvalue weighted by molar-refractivity contribution is 0.336. The van der Waals surface area contributed by atoms with Crippen molar-refractivity contribution in [2.45, 2.75) is 26.3 Å². The fourth-order valence-electron chi connectivity index (χ4n) is 3.33. The van der Waals surface area contributed by atoms with Gasteiger partial charge in [-0.3, -0.25) is 0 Å². The van der Waals surface area contributed by atoms with Crippen LogP contribution in [0.5, 0.6) is 0 Å². The van der Waals surface area contributed by atoms with Gasteiger partial charge in [0.15, 0.2) is 0 Å². The van der Waals surface area contributed by atoms with Crippen LogP contribution in [0.25, 0.3) is 23.9 Å². The van der Waals surface area contributed by atoms with E-state index in [1.165, 1.54) is 12.8 Å². The van der Waals surface area contributed by atoms with E-state index >= 15 is 0 Å². The van der Waals surface area contributed by atoms with Gasteiger partial charge in [0, 0.05) is 22.5 Å². The number of rotatable bonds is 3. The summed E-state index contributed by atoms with van der Waals surface area (Å²) in [7, 11) is 0. The zero-order valence-electron chi connectivity index (χ0n) is 13.4. The zero-order chi connectivity index (χ0) is 16.4. The summed E-state index contributed by atoms with van der Waals surface area (Å²) in [6.45, 7) is 9.50. The van der Waals surface area contributed by atoms with Crippen molar-refractivity contribution in [3.05, 3.63) is 44.9 Å². The van der Waals surface area contributed by atoms with E-state index in [-0.39, 0.29) is 0 Å². The van der Waals surface area contributed by atoms with Gasteiger partial charge in [-0.15, -0.1) is 0 Å². The van der Waals surface area contributed by atoms with Gasteiger partial charge in [-0.1, -0.05) is 35.9 Å². The summed E-state index contributed by atoms with van der Waals surface area (Å²) in [6.07, 6.45) is 4.59. The molecule has 23 heavy (non-hydrogen) atoms. The number of aromatic nitrogens is 1. The Morgan fingerprint density at radius 2 is 2.17 bits per heavy atom. The summed E-state index contributed by atoms with van der Waals surface area (Å²) in [6, 6.07) is 7.86. The zero-order valence-corrected chi connectivity index (χ0v) is 14.9. The molecule has 1 fully saturated rings. The van der Waals surface area contributed by atoms with Gasteiger partial charge in [0.1, 0.15) is 0 Å². The molecule has 1 aromatic heterocycles. The molecule has 2 nitrogen and oxygen atoms in total. The summed E-state index contributed by atoms with van der Waals surface area (Å²) in [5.41, 5.74) is 2.13. The first-order valence-corrected chi connectivity index (χ1v) is 8.86. The third-order valence-corrected chi connectivity index (χ3v) is 5.15.